The van der Waals surface area contributed by atoms with Gasteiger partial charge in [0, 0.05) is 10.5 Å². The van der Waals surface area contributed by atoms with Crippen LogP contribution in [0.4, 0.5) is 8.78 Å². The molecule has 0 amide bonds. The Kier molecular flexibility index (Phi) is 3.26. The molecule has 0 aliphatic carbocycles. The van der Waals surface area contributed by atoms with Gasteiger partial charge in [-0.1, -0.05) is 0 Å². The fraction of sp³-hybridized carbons (Fsp3) is 0.167. The molecule has 0 unspecified atom stereocenters. The molecule has 1 heterocycles. The fourth-order valence-electron chi connectivity index (χ4n) is 0.978. The van der Waals surface area contributed by atoms with E-state index < -0.39 is 32.6 Å². The number of hydrogen-bond donors (Lipinski definition) is 2. The van der Waals surface area contributed by atoms with Crippen LogP contribution in [0.1, 0.15) is 12.1 Å². The second-order valence-corrected chi connectivity index (χ2v) is 4.92. The van der Waals surface area contributed by atoms with Gasteiger partial charge >= 0.3 is 0 Å². The average Bonchev–Trinajstić information content (AvgIpc) is 1.99. The Balaban J connectivity index is 3.70. The molecule has 1 aromatic rings. The molecule has 1 rings (SSSR count). The van der Waals surface area contributed by atoms with Crippen molar-refractivity contribution in [3.05, 3.63) is 26.6 Å². The van der Waals surface area contributed by atoms with Gasteiger partial charge in [0.2, 0.25) is 15.6 Å². The Morgan fingerprint density at radius 2 is 2.00 bits per heavy atom. The van der Waals surface area contributed by atoms with Gasteiger partial charge in [-0.3, -0.25) is 4.79 Å². The van der Waals surface area contributed by atoms with Gasteiger partial charge in [-0.2, -0.15) is 0 Å². The van der Waals surface area contributed by atoms with E-state index in [1.165, 1.54) is 0 Å². The lowest BCUT2D eigenvalue weighted by Gasteiger charge is -2.07. The summed E-state index contributed by atoms with van der Waals surface area (Å²) in [4.78, 5) is 11.8. The second-order valence-electron chi connectivity index (χ2n) is 2.57. The average molecular weight is 303 g/mol. The zero-order chi connectivity index (χ0) is 11.8. The third kappa shape index (κ3) is 2.61. The molecule has 0 atom stereocenters. The second kappa shape index (κ2) is 3.99. The molecular weight excluding hydrogens is 298 g/mol. The highest BCUT2D eigenvalue weighted by Crippen LogP contribution is 2.28. The van der Waals surface area contributed by atoms with Gasteiger partial charge in [-0.25, -0.2) is 22.3 Å². The van der Waals surface area contributed by atoms with E-state index in [1.54, 1.807) is 4.98 Å². The van der Waals surface area contributed by atoms with Crippen molar-refractivity contribution in [3.8, 4) is 0 Å². The minimum absolute atomic E-state index is 0.288. The van der Waals surface area contributed by atoms with E-state index in [-0.39, 0.29) is 4.47 Å². The van der Waals surface area contributed by atoms with E-state index in [0.29, 0.717) is 0 Å². The predicted octanol–water partition coefficient (Wildman–Crippen LogP) is 0.722. The molecule has 84 valence electrons. The quantitative estimate of drug-likeness (QED) is 0.843. The van der Waals surface area contributed by atoms with Crippen LogP contribution in [0.5, 0.6) is 0 Å². The summed E-state index contributed by atoms with van der Waals surface area (Å²) in [5.74, 6) is 0. The maximum atomic E-state index is 12.4. The van der Waals surface area contributed by atoms with Crippen molar-refractivity contribution in [1.29, 1.82) is 0 Å². The minimum atomic E-state index is -4.32. The molecule has 0 aliphatic rings. The third-order valence-electron chi connectivity index (χ3n) is 1.48. The number of alkyl halides is 2. The lowest BCUT2D eigenvalue weighted by atomic mass is 10.3. The van der Waals surface area contributed by atoms with E-state index in [0.717, 1.165) is 6.07 Å². The number of aromatic amines is 1. The number of rotatable bonds is 2. The monoisotopic (exact) mass is 302 g/mol. The zero-order valence-electron chi connectivity index (χ0n) is 7.00. The van der Waals surface area contributed by atoms with Crippen LogP contribution >= 0.6 is 15.9 Å². The maximum absolute atomic E-state index is 12.4. The molecule has 0 radical (unpaired) electrons. The molecule has 0 saturated heterocycles. The zero-order valence-corrected chi connectivity index (χ0v) is 9.40. The Hall–Kier alpha value is -0.800. The van der Waals surface area contributed by atoms with Crippen molar-refractivity contribution < 1.29 is 17.2 Å². The van der Waals surface area contributed by atoms with Crippen LogP contribution in [0.2, 0.25) is 0 Å². The van der Waals surface area contributed by atoms with Gasteiger partial charge in [0.15, 0.2) is 0 Å². The number of halogens is 3. The van der Waals surface area contributed by atoms with Crippen molar-refractivity contribution in [2.45, 2.75) is 11.3 Å². The molecule has 0 spiro atoms. The summed E-state index contributed by atoms with van der Waals surface area (Å²) < 4.78 is 46.5. The van der Waals surface area contributed by atoms with Crippen LogP contribution in [0, 0.1) is 0 Å². The molecule has 3 N–H and O–H groups in total. The summed E-state index contributed by atoms with van der Waals surface area (Å²) in [6, 6.07) is 0.811. The summed E-state index contributed by atoms with van der Waals surface area (Å²) in [7, 11) is -4.32. The summed E-state index contributed by atoms with van der Waals surface area (Å²) in [6.07, 6.45) is -3.14. The van der Waals surface area contributed by atoms with Crippen LogP contribution in [-0.2, 0) is 10.0 Å². The van der Waals surface area contributed by atoms with Gasteiger partial charge < -0.3 is 4.98 Å². The summed E-state index contributed by atoms with van der Waals surface area (Å²) in [5.41, 5.74) is -1.86. The lowest BCUT2D eigenvalue weighted by molar-refractivity contribution is 0.142. The Bertz CT molecular complexity index is 540. The first kappa shape index (κ1) is 12.3. The van der Waals surface area contributed by atoms with Crippen LogP contribution in [0.15, 0.2) is 20.2 Å². The van der Waals surface area contributed by atoms with Crippen LogP contribution in [0.25, 0.3) is 0 Å². The molecule has 0 aromatic carbocycles. The fourth-order valence-corrected chi connectivity index (χ4v) is 2.85. The summed E-state index contributed by atoms with van der Waals surface area (Å²) in [5, 5.41) is 4.73. The number of hydrogen-bond acceptors (Lipinski definition) is 3. The molecule has 0 bridgehead atoms. The highest BCUT2D eigenvalue weighted by Gasteiger charge is 2.24. The van der Waals surface area contributed by atoms with E-state index in [2.05, 4.69) is 15.9 Å². The number of nitrogens with two attached hydrogens (primary N) is 1. The Morgan fingerprint density at radius 1 is 1.47 bits per heavy atom. The lowest BCUT2D eigenvalue weighted by Crippen LogP contribution is -2.20. The molecule has 15 heavy (non-hydrogen) atoms. The first-order valence-corrected chi connectivity index (χ1v) is 5.81. The maximum Gasteiger partial charge on any atom is 0.279 e. The van der Waals surface area contributed by atoms with E-state index in [9.17, 15) is 22.0 Å². The highest BCUT2D eigenvalue weighted by atomic mass is 79.9. The smallest absolute Gasteiger partial charge is 0.279 e. The predicted molar refractivity (Wildman–Crippen MR) is 51.1 cm³/mol. The summed E-state index contributed by atoms with van der Waals surface area (Å²) >= 11 is 2.69. The van der Waals surface area contributed by atoms with Gasteiger partial charge in [-0.15, -0.1) is 0 Å². The van der Waals surface area contributed by atoms with Gasteiger partial charge in [-0.05, 0) is 15.9 Å². The summed E-state index contributed by atoms with van der Waals surface area (Å²) in [6.45, 7) is 0. The number of H-pyrrole nitrogens is 1. The molecular formula is C6H5BrF2N2O3S. The number of pyridine rings is 1. The number of primary sulfonamides is 1. The van der Waals surface area contributed by atoms with Crippen molar-refractivity contribution in [1.82, 2.24) is 4.98 Å². The van der Waals surface area contributed by atoms with Crippen LogP contribution in [-0.4, -0.2) is 13.4 Å². The SMILES string of the molecule is NS(=O)(=O)c1c(Br)cc(=O)[nH]c1C(F)F. The molecule has 5 nitrogen and oxygen atoms in total. The van der Waals surface area contributed by atoms with Crippen molar-refractivity contribution in [3.63, 3.8) is 0 Å². The van der Waals surface area contributed by atoms with Gasteiger partial charge in [0.25, 0.3) is 6.43 Å². The molecule has 0 aliphatic heterocycles. The van der Waals surface area contributed by atoms with E-state index in [1.807, 2.05) is 0 Å². The highest BCUT2D eigenvalue weighted by molar-refractivity contribution is 9.10. The Morgan fingerprint density at radius 3 is 2.40 bits per heavy atom. The van der Waals surface area contributed by atoms with Crippen LogP contribution < -0.4 is 10.7 Å². The van der Waals surface area contributed by atoms with Crippen LogP contribution in [0.3, 0.4) is 0 Å². The molecule has 0 fully saturated rings. The van der Waals surface area contributed by atoms with E-state index in [4.69, 9.17) is 5.14 Å². The largest absolute Gasteiger partial charge is 0.320 e. The van der Waals surface area contributed by atoms with Crippen molar-refractivity contribution >= 4 is 26.0 Å². The molecule has 0 saturated carbocycles. The molecule has 9 heteroatoms. The minimum Gasteiger partial charge on any atom is -0.320 e. The number of sulfonamides is 1. The normalized spacial score (nSPS) is 12.1. The number of aromatic nitrogens is 1. The standard InChI is InChI=1S/C6H5BrF2N2O3S/c7-2-1-3(12)11-4(6(8)9)5(2)15(10,13)14/h1,6H,(H,11,12)(H2,10,13,14). The van der Waals surface area contributed by atoms with Gasteiger partial charge in [0.05, 0.1) is 0 Å². The van der Waals surface area contributed by atoms with Crippen molar-refractivity contribution in [2.24, 2.45) is 5.14 Å². The first-order chi connectivity index (χ1) is 6.73. The van der Waals surface area contributed by atoms with E-state index >= 15 is 0 Å². The van der Waals surface area contributed by atoms with Gasteiger partial charge in [0.1, 0.15) is 10.6 Å². The topological polar surface area (TPSA) is 93.0 Å². The number of nitrogens with one attached hydrogen (secondary N) is 1. The Labute approximate surface area is 91.5 Å². The van der Waals surface area contributed by atoms with Crippen molar-refractivity contribution in [2.75, 3.05) is 0 Å². The third-order valence-corrected chi connectivity index (χ3v) is 3.38. The first-order valence-electron chi connectivity index (χ1n) is 3.47. The molecule has 1 aromatic heterocycles.